The van der Waals surface area contributed by atoms with Crippen LogP contribution in [0.15, 0.2) is 36.9 Å². The van der Waals surface area contributed by atoms with Gasteiger partial charge in [0.2, 0.25) is 5.91 Å². The molecule has 0 saturated carbocycles. The van der Waals surface area contributed by atoms with Crippen LogP contribution in [0.1, 0.15) is 48.5 Å². The molecule has 22 heavy (non-hydrogen) atoms. The minimum absolute atomic E-state index is 0.179. The van der Waals surface area contributed by atoms with Crippen molar-refractivity contribution < 1.29 is 4.79 Å². The second-order valence-corrected chi connectivity index (χ2v) is 6.22. The molecule has 2 heterocycles. The largest absolute Gasteiger partial charge is 0.334 e. The van der Waals surface area contributed by atoms with Crippen LogP contribution in [0.25, 0.3) is 0 Å². The molecule has 116 valence electrons. The molecule has 4 nitrogen and oxygen atoms in total. The van der Waals surface area contributed by atoms with E-state index in [1.165, 1.54) is 16.7 Å². The summed E-state index contributed by atoms with van der Waals surface area (Å²) in [5.41, 5.74) is 3.85. The number of benzene rings is 1. The van der Waals surface area contributed by atoms with Gasteiger partial charge in [0.15, 0.2) is 0 Å². The summed E-state index contributed by atoms with van der Waals surface area (Å²) in [5, 5.41) is 0. The molecule has 3 rings (SSSR count). The van der Waals surface area contributed by atoms with E-state index in [2.05, 4.69) is 37.0 Å². The van der Waals surface area contributed by atoms with Crippen molar-refractivity contribution in [1.82, 2.24) is 14.5 Å². The fourth-order valence-electron chi connectivity index (χ4n) is 3.21. The van der Waals surface area contributed by atoms with Gasteiger partial charge >= 0.3 is 0 Å². The molecule has 0 unspecified atom stereocenters. The zero-order chi connectivity index (χ0) is 15.7. The number of carbonyl (C=O) groups is 1. The first kappa shape index (κ1) is 14.8. The molecular formula is C18H23N3O. The third-order valence-corrected chi connectivity index (χ3v) is 4.78. The monoisotopic (exact) mass is 297 g/mol. The van der Waals surface area contributed by atoms with Gasteiger partial charge in [-0.25, -0.2) is 4.98 Å². The van der Waals surface area contributed by atoms with Crippen molar-refractivity contribution in [3.63, 3.8) is 0 Å². The summed E-state index contributed by atoms with van der Waals surface area (Å²) in [6.07, 6.45) is 7.40. The number of amides is 1. The number of likely N-dealkylation sites (tertiary alicyclic amines) is 1. The minimum atomic E-state index is -0.199. The van der Waals surface area contributed by atoms with E-state index in [0.717, 1.165) is 19.4 Å². The summed E-state index contributed by atoms with van der Waals surface area (Å²) >= 11 is 0. The highest BCUT2D eigenvalue weighted by molar-refractivity contribution is 5.80. The van der Waals surface area contributed by atoms with Gasteiger partial charge in [-0.3, -0.25) is 4.79 Å². The smallest absolute Gasteiger partial charge is 0.245 e. The van der Waals surface area contributed by atoms with Gasteiger partial charge in [0.25, 0.3) is 0 Å². The second kappa shape index (κ2) is 5.95. The van der Waals surface area contributed by atoms with Gasteiger partial charge in [-0.1, -0.05) is 18.2 Å². The first-order valence-corrected chi connectivity index (χ1v) is 7.93. The lowest BCUT2D eigenvalue weighted by Gasteiger charge is -2.28. The minimum Gasteiger partial charge on any atom is -0.334 e. The van der Waals surface area contributed by atoms with E-state index in [1.807, 2.05) is 22.6 Å². The van der Waals surface area contributed by atoms with Gasteiger partial charge < -0.3 is 9.47 Å². The molecule has 1 aliphatic rings. The SMILES string of the molecule is Cc1ccc([C@H]2CCCN2C(=O)[C@@H](C)n2ccnc2)cc1C. The Morgan fingerprint density at radius 2 is 2.14 bits per heavy atom. The number of hydrogen-bond acceptors (Lipinski definition) is 2. The lowest BCUT2D eigenvalue weighted by atomic mass is 9.99. The maximum atomic E-state index is 12.9. The van der Waals surface area contributed by atoms with E-state index in [4.69, 9.17) is 0 Å². The maximum Gasteiger partial charge on any atom is 0.245 e. The van der Waals surface area contributed by atoms with E-state index in [1.54, 1.807) is 12.5 Å². The summed E-state index contributed by atoms with van der Waals surface area (Å²) < 4.78 is 1.87. The second-order valence-electron chi connectivity index (χ2n) is 6.22. The Labute approximate surface area is 131 Å². The molecule has 0 bridgehead atoms. The summed E-state index contributed by atoms with van der Waals surface area (Å²) in [4.78, 5) is 18.9. The van der Waals surface area contributed by atoms with E-state index in [0.29, 0.717) is 0 Å². The van der Waals surface area contributed by atoms with E-state index in [9.17, 15) is 4.79 Å². The summed E-state index contributed by atoms with van der Waals surface area (Å²) in [6.45, 7) is 7.04. The van der Waals surface area contributed by atoms with Gasteiger partial charge in [0.05, 0.1) is 12.4 Å². The van der Waals surface area contributed by atoms with Crippen LogP contribution in [0.3, 0.4) is 0 Å². The van der Waals surface area contributed by atoms with Crippen LogP contribution < -0.4 is 0 Å². The fraction of sp³-hybridized carbons (Fsp3) is 0.444. The normalized spacial score (nSPS) is 19.4. The number of imidazole rings is 1. The van der Waals surface area contributed by atoms with Gasteiger partial charge in [-0.05, 0) is 50.3 Å². The molecule has 1 saturated heterocycles. The van der Waals surface area contributed by atoms with Crippen molar-refractivity contribution in [3.05, 3.63) is 53.6 Å². The molecule has 4 heteroatoms. The van der Waals surface area contributed by atoms with Crippen molar-refractivity contribution in [2.75, 3.05) is 6.54 Å². The third-order valence-electron chi connectivity index (χ3n) is 4.78. The lowest BCUT2D eigenvalue weighted by molar-refractivity contribution is -0.135. The van der Waals surface area contributed by atoms with Crippen LogP contribution in [0.4, 0.5) is 0 Å². The van der Waals surface area contributed by atoms with Crippen LogP contribution in [-0.4, -0.2) is 26.9 Å². The molecular weight excluding hydrogens is 274 g/mol. The van der Waals surface area contributed by atoms with Crippen LogP contribution in [0.5, 0.6) is 0 Å². The van der Waals surface area contributed by atoms with Crippen LogP contribution in [0, 0.1) is 13.8 Å². The van der Waals surface area contributed by atoms with Gasteiger partial charge in [-0.15, -0.1) is 0 Å². The summed E-state index contributed by atoms with van der Waals surface area (Å²) in [7, 11) is 0. The van der Waals surface area contributed by atoms with Crippen molar-refractivity contribution in [1.29, 1.82) is 0 Å². The predicted molar refractivity (Wildman–Crippen MR) is 86.5 cm³/mol. The van der Waals surface area contributed by atoms with Crippen LogP contribution >= 0.6 is 0 Å². The Bertz CT molecular complexity index is 663. The Morgan fingerprint density at radius 3 is 2.82 bits per heavy atom. The number of carbonyl (C=O) groups excluding carboxylic acids is 1. The van der Waals surface area contributed by atoms with Crippen LogP contribution in [0.2, 0.25) is 0 Å². The Kier molecular flexibility index (Phi) is 4.01. The van der Waals surface area contributed by atoms with Crippen molar-refractivity contribution in [2.24, 2.45) is 0 Å². The predicted octanol–water partition coefficient (Wildman–Crippen LogP) is 3.42. The van der Waals surface area contributed by atoms with Crippen molar-refractivity contribution in [2.45, 2.75) is 45.7 Å². The Morgan fingerprint density at radius 1 is 1.32 bits per heavy atom. The average Bonchev–Trinajstić information content (AvgIpc) is 3.19. The first-order valence-electron chi connectivity index (χ1n) is 7.93. The molecule has 0 radical (unpaired) electrons. The maximum absolute atomic E-state index is 12.9. The quantitative estimate of drug-likeness (QED) is 0.870. The van der Waals surface area contributed by atoms with Crippen molar-refractivity contribution >= 4 is 5.91 Å². The number of hydrogen-bond donors (Lipinski definition) is 0. The molecule has 1 aromatic carbocycles. The van der Waals surface area contributed by atoms with E-state index in [-0.39, 0.29) is 18.0 Å². The third kappa shape index (κ3) is 2.65. The highest BCUT2D eigenvalue weighted by atomic mass is 16.2. The molecule has 1 aliphatic heterocycles. The standard InChI is InChI=1S/C18H23N3O/c1-13-6-7-16(11-14(13)2)17-5-4-9-21(17)18(22)15(3)20-10-8-19-12-20/h6-8,10-12,15,17H,4-5,9H2,1-3H3/t15-,17-/m1/s1. The van der Waals surface area contributed by atoms with Crippen molar-refractivity contribution in [3.8, 4) is 0 Å². The van der Waals surface area contributed by atoms with Gasteiger partial charge in [0.1, 0.15) is 6.04 Å². The topological polar surface area (TPSA) is 38.1 Å². The van der Waals surface area contributed by atoms with Crippen LogP contribution in [-0.2, 0) is 4.79 Å². The zero-order valence-corrected chi connectivity index (χ0v) is 13.5. The van der Waals surface area contributed by atoms with E-state index >= 15 is 0 Å². The lowest BCUT2D eigenvalue weighted by Crippen LogP contribution is -2.35. The summed E-state index contributed by atoms with van der Waals surface area (Å²) in [5.74, 6) is 0.179. The van der Waals surface area contributed by atoms with Gasteiger partial charge in [-0.2, -0.15) is 0 Å². The first-order chi connectivity index (χ1) is 10.6. The molecule has 2 atom stereocenters. The molecule has 1 fully saturated rings. The highest BCUT2D eigenvalue weighted by Gasteiger charge is 2.32. The Balaban J connectivity index is 1.83. The number of aryl methyl sites for hydroxylation is 2. The van der Waals surface area contributed by atoms with E-state index < -0.39 is 0 Å². The molecule has 0 spiro atoms. The molecule has 1 amide bonds. The number of nitrogens with zero attached hydrogens (tertiary/aromatic N) is 3. The number of aromatic nitrogens is 2. The molecule has 1 aromatic heterocycles. The molecule has 0 N–H and O–H groups in total. The highest BCUT2D eigenvalue weighted by Crippen LogP contribution is 2.34. The Hall–Kier alpha value is -2.10. The fourth-order valence-corrected chi connectivity index (χ4v) is 3.21. The average molecular weight is 297 g/mol. The summed E-state index contributed by atoms with van der Waals surface area (Å²) in [6, 6.07) is 6.56. The number of rotatable bonds is 3. The molecule has 2 aromatic rings. The zero-order valence-electron chi connectivity index (χ0n) is 13.5. The molecule has 0 aliphatic carbocycles. The van der Waals surface area contributed by atoms with Gasteiger partial charge in [0, 0.05) is 18.9 Å².